The van der Waals surface area contributed by atoms with Crippen molar-refractivity contribution in [3.05, 3.63) is 59.9 Å². The van der Waals surface area contributed by atoms with Crippen LogP contribution in [-0.2, 0) is 11.3 Å². The number of pyridine rings is 1. The standard InChI is InChI=1S/C19H24N4O2.ClH/c1-3-13(2)17(20)19(25)22-12-14-5-4-6-16(11-14)23-18(24)15-7-9-21-10-8-15;/h4-11,13,17H,3,12,20H2,1-2H3,(H,22,25)(H,23,24);1H. The van der Waals surface area contributed by atoms with E-state index in [1.54, 1.807) is 30.6 Å². The molecule has 2 unspecified atom stereocenters. The van der Waals surface area contributed by atoms with Gasteiger partial charge in [-0.2, -0.15) is 0 Å². The van der Waals surface area contributed by atoms with Gasteiger partial charge in [0.15, 0.2) is 0 Å². The van der Waals surface area contributed by atoms with Gasteiger partial charge in [-0.15, -0.1) is 12.4 Å². The Hall–Kier alpha value is -2.44. The first-order chi connectivity index (χ1) is 12.0. The van der Waals surface area contributed by atoms with E-state index in [1.165, 1.54) is 0 Å². The van der Waals surface area contributed by atoms with Crippen molar-refractivity contribution in [1.29, 1.82) is 0 Å². The third kappa shape index (κ3) is 6.13. The number of nitrogens with one attached hydrogen (secondary N) is 2. The second kappa shape index (κ2) is 10.5. The van der Waals surface area contributed by atoms with Crippen LogP contribution in [0.3, 0.4) is 0 Å². The molecule has 2 amide bonds. The van der Waals surface area contributed by atoms with Crippen LogP contribution in [-0.4, -0.2) is 22.8 Å². The maximum atomic E-state index is 12.2. The molecule has 2 rings (SSSR count). The summed E-state index contributed by atoms with van der Waals surface area (Å²) in [4.78, 5) is 28.1. The lowest BCUT2D eigenvalue weighted by atomic mass is 9.99. The van der Waals surface area contributed by atoms with Crippen molar-refractivity contribution in [2.24, 2.45) is 11.7 Å². The largest absolute Gasteiger partial charge is 0.351 e. The highest BCUT2D eigenvalue weighted by molar-refractivity contribution is 6.04. The smallest absolute Gasteiger partial charge is 0.255 e. The summed E-state index contributed by atoms with van der Waals surface area (Å²) in [5, 5.41) is 5.67. The lowest BCUT2D eigenvalue weighted by molar-refractivity contribution is -0.123. The minimum Gasteiger partial charge on any atom is -0.351 e. The summed E-state index contributed by atoms with van der Waals surface area (Å²) in [5.74, 6) is -0.242. The number of rotatable bonds is 7. The summed E-state index contributed by atoms with van der Waals surface area (Å²) >= 11 is 0. The molecule has 0 saturated heterocycles. The van der Waals surface area contributed by atoms with Crippen molar-refractivity contribution >= 4 is 29.9 Å². The number of hydrogen-bond donors (Lipinski definition) is 3. The molecule has 0 aliphatic rings. The summed E-state index contributed by atoms with van der Waals surface area (Å²) in [6, 6.07) is 10.1. The van der Waals surface area contributed by atoms with Gasteiger partial charge < -0.3 is 16.4 Å². The molecule has 0 radical (unpaired) electrons. The van der Waals surface area contributed by atoms with Crippen LogP contribution in [0, 0.1) is 5.92 Å². The van der Waals surface area contributed by atoms with Crippen LogP contribution < -0.4 is 16.4 Å². The van der Waals surface area contributed by atoms with E-state index >= 15 is 0 Å². The average Bonchev–Trinajstić information content (AvgIpc) is 2.65. The summed E-state index contributed by atoms with van der Waals surface area (Å²) in [5.41, 5.74) is 8.01. The molecule has 0 spiro atoms. The molecule has 1 heterocycles. The number of aromatic nitrogens is 1. The Bertz CT molecular complexity index is 724. The van der Waals surface area contributed by atoms with E-state index in [2.05, 4.69) is 15.6 Å². The number of halogens is 1. The molecule has 0 aliphatic heterocycles. The zero-order valence-electron chi connectivity index (χ0n) is 14.9. The Labute approximate surface area is 160 Å². The van der Waals surface area contributed by atoms with Crippen molar-refractivity contribution in [1.82, 2.24) is 10.3 Å². The highest BCUT2D eigenvalue weighted by Gasteiger charge is 2.18. The zero-order chi connectivity index (χ0) is 18.2. The first-order valence-corrected chi connectivity index (χ1v) is 8.35. The molecule has 140 valence electrons. The Morgan fingerprint density at radius 1 is 1.19 bits per heavy atom. The number of carbonyl (C=O) groups excluding carboxylic acids is 2. The first kappa shape index (κ1) is 21.6. The van der Waals surface area contributed by atoms with Crippen molar-refractivity contribution in [2.45, 2.75) is 32.9 Å². The second-order valence-electron chi connectivity index (χ2n) is 6.02. The fraction of sp³-hybridized carbons (Fsp3) is 0.316. The molecular formula is C19H25ClN4O2. The molecule has 1 aromatic heterocycles. The highest BCUT2D eigenvalue weighted by Crippen LogP contribution is 2.13. The van der Waals surface area contributed by atoms with Gasteiger partial charge in [0.05, 0.1) is 6.04 Å². The number of amides is 2. The lowest BCUT2D eigenvalue weighted by Crippen LogP contribution is -2.44. The van der Waals surface area contributed by atoms with Gasteiger partial charge in [0.1, 0.15) is 0 Å². The van der Waals surface area contributed by atoms with Gasteiger partial charge in [0, 0.05) is 30.2 Å². The molecule has 2 atom stereocenters. The maximum Gasteiger partial charge on any atom is 0.255 e. The van der Waals surface area contributed by atoms with Crippen LogP contribution in [0.15, 0.2) is 48.8 Å². The van der Waals surface area contributed by atoms with Crippen LogP contribution in [0.1, 0.15) is 36.2 Å². The fourth-order valence-electron chi connectivity index (χ4n) is 2.28. The number of carbonyl (C=O) groups is 2. The van der Waals surface area contributed by atoms with E-state index in [4.69, 9.17) is 5.73 Å². The first-order valence-electron chi connectivity index (χ1n) is 8.35. The van der Waals surface area contributed by atoms with Crippen LogP contribution in [0.25, 0.3) is 0 Å². The summed E-state index contributed by atoms with van der Waals surface area (Å²) in [6.45, 7) is 4.33. The van der Waals surface area contributed by atoms with Gasteiger partial charge >= 0.3 is 0 Å². The van der Waals surface area contributed by atoms with Crippen LogP contribution in [0.5, 0.6) is 0 Å². The Kier molecular flexibility index (Phi) is 8.75. The van der Waals surface area contributed by atoms with E-state index in [1.807, 2.05) is 32.0 Å². The highest BCUT2D eigenvalue weighted by atomic mass is 35.5. The molecule has 2 aromatic rings. The zero-order valence-corrected chi connectivity index (χ0v) is 15.8. The molecule has 0 bridgehead atoms. The maximum absolute atomic E-state index is 12.2. The predicted octanol–water partition coefficient (Wildman–Crippen LogP) is 2.75. The third-order valence-corrected chi connectivity index (χ3v) is 4.15. The van der Waals surface area contributed by atoms with Gasteiger partial charge in [-0.05, 0) is 35.7 Å². The van der Waals surface area contributed by atoms with E-state index in [0.717, 1.165) is 12.0 Å². The Morgan fingerprint density at radius 2 is 1.88 bits per heavy atom. The lowest BCUT2D eigenvalue weighted by Gasteiger charge is -2.17. The topological polar surface area (TPSA) is 97.1 Å². The van der Waals surface area contributed by atoms with E-state index in [-0.39, 0.29) is 30.1 Å². The number of benzene rings is 1. The monoisotopic (exact) mass is 376 g/mol. The van der Waals surface area contributed by atoms with Gasteiger partial charge in [-0.3, -0.25) is 14.6 Å². The number of anilines is 1. The van der Waals surface area contributed by atoms with Crippen molar-refractivity contribution in [3.8, 4) is 0 Å². The fourth-order valence-corrected chi connectivity index (χ4v) is 2.28. The van der Waals surface area contributed by atoms with Gasteiger partial charge in [-0.1, -0.05) is 32.4 Å². The molecule has 0 fully saturated rings. The molecule has 0 aliphatic carbocycles. The number of nitrogens with zero attached hydrogens (tertiary/aromatic N) is 1. The molecule has 26 heavy (non-hydrogen) atoms. The van der Waals surface area contributed by atoms with Crippen molar-refractivity contribution < 1.29 is 9.59 Å². The number of hydrogen-bond acceptors (Lipinski definition) is 4. The van der Waals surface area contributed by atoms with E-state index in [0.29, 0.717) is 17.8 Å². The van der Waals surface area contributed by atoms with E-state index < -0.39 is 6.04 Å². The minimum absolute atomic E-state index is 0. The van der Waals surface area contributed by atoms with Crippen LogP contribution in [0.2, 0.25) is 0 Å². The van der Waals surface area contributed by atoms with Gasteiger partial charge in [0.2, 0.25) is 5.91 Å². The summed E-state index contributed by atoms with van der Waals surface area (Å²) < 4.78 is 0. The molecule has 7 heteroatoms. The van der Waals surface area contributed by atoms with Crippen molar-refractivity contribution in [3.63, 3.8) is 0 Å². The molecule has 4 N–H and O–H groups in total. The summed E-state index contributed by atoms with van der Waals surface area (Å²) in [7, 11) is 0. The SMILES string of the molecule is CCC(C)C(N)C(=O)NCc1cccc(NC(=O)c2ccncc2)c1.Cl. The van der Waals surface area contributed by atoms with Crippen LogP contribution >= 0.6 is 12.4 Å². The van der Waals surface area contributed by atoms with Gasteiger partial charge in [-0.25, -0.2) is 0 Å². The third-order valence-electron chi connectivity index (χ3n) is 4.15. The molecule has 0 saturated carbocycles. The molecular weight excluding hydrogens is 352 g/mol. The predicted molar refractivity (Wildman–Crippen MR) is 105 cm³/mol. The molecule has 6 nitrogen and oxygen atoms in total. The Morgan fingerprint density at radius 3 is 2.54 bits per heavy atom. The minimum atomic E-state index is -0.514. The van der Waals surface area contributed by atoms with Gasteiger partial charge in [0.25, 0.3) is 5.91 Å². The van der Waals surface area contributed by atoms with E-state index in [9.17, 15) is 9.59 Å². The summed E-state index contributed by atoms with van der Waals surface area (Å²) in [6.07, 6.45) is 3.99. The second-order valence-corrected chi connectivity index (χ2v) is 6.02. The van der Waals surface area contributed by atoms with Crippen molar-refractivity contribution in [2.75, 3.05) is 5.32 Å². The quantitative estimate of drug-likeness (QED) is 0.692. The average molecular weight is 377 g/mol. The normalized spacial score (nSPS) is 12.4. The Balaban J connectivity index is 0.00000338. The molecule has 1 aromatic carbocycles. The van der Waals surface area contributed by atoms with Crippen LogP contribution in [0.4, 0.5) is 5.69 Å². The number of nitrogens with two attached hydrogens (primary N) is 1.